The van der Waals surface area contributed by atoms with Crippen LogP contribution in [0.5, 0.6) is 0 Å². The van der Waals surface area contributed by atoms with Crippen molar-refractivity contribution in [3.8, 4) is 11.1 Å². The van der Waals surface area contributed by atoms with Crippen molar-refractivity contribution in [1.82, 2.24) is 4.57 Å². The van der Waals surface area contributed by atoms with Crippen LogP contribution in [0.2, 0.25) is 0 Å². The number of benzene rings is 2. The Morgan fingerprint density at radius 3 is 2.21 bits per heavy atom. The van der Waals surface area contributed by atoms with Gasteiger partial charge in [0.25, 0.3) is 0 Å². The SMILES string of the molecule is CC(C)Cn1cc([C@@H](CC(C)S(N)=O)C(F)(F)F)c2ccc(-c3ccccc3C(F)(F)F)cc21. The number of alkyl halides is 6. The molecule has 0 spiro atoms. The number of hydrogen-bond acceptors (Lipinski definition) is 1. The highest BCUT2D eigenvalue weighted by atomic mass is 32.2. The highest BCUT2D eigenvalue weighted by Gasteiger charge is 2.43. The van der Waals surface area contributed by atoms with Gasteiger partial charge >= 0.3 is 12.4 Å². The smallest absolute Gasteiger partial charge is 0.347 e. The Labute approximate surface area is 196 Å². The van der Waals surface area contributed by atoms with Crippen LogP contribution in [0, 0.1) is 5.92 Å². The lowest BCUT2D eigenvalue weighted by Crippen LogP contribution is -2.28. The van der Waals surface area contributed by atoms with E-state index in [-0.39, 0.29) is 22.6 Å². The summed E-state index contributed by atoms with van der Waals surface area (Å²) < 4.78 is 96.2. The van der Waals surface area contributed by atoms with E-state index in [2.05, 4.69) is 0 Å². The van der Waals surface area contributed by atoms with Gasteiger partial charge < -0.3 is 4.57 Å². The van der Waals surface area contributed by atoms with Gasteiger partial charge in [-0.3, -0.25) is 5.14 Å². The van der Waals surface area contributed by atoms with Crippen molar-refractivity contribution in [2.24, 2.45) is 11.1 Å². The third-order valence-corrected chi connectivity index (χ3v) is 6.74. The van der Waals surface area contributed by atoms with Crippen molar-refractivity contribution >= 4 is 21.9 Å². The Morgan fingerprint density at radius 1 is 1.00 bits per heavy atom. The number of aromatic nitrogens is 1. The van der Waals surface area contributed by atoms with Crippen molar-refractivity contribution in [3.05, 3.63) is 59.8 Å². The molecule has 0 aliphatic heterocycles. The van der Waals surface area contributed by atoms with Gasteiger partial charge in [-0.15, -0.1) is 0 Å². The molecule has 1 aromatic heterocycles. The van der Waals surface area contributed by atoms with E-state index in [4.69, 9.17) is 5.14 Å². The van der Waals surface area contributed by atoms with E-state index in [9.17, 15) is 30.6 Å². The molecular formula is C24H26F6N2OS. The maximum atomic E-state index is 14.1. The standard InChI is InChI=1S/C24H26F6N2OS/c1-14(2)12-32-13-19(21(24(28,29)30)10-15(3)34(31)33)18-9-8-16(11-22(18)32)17-6-4-5-7-20(17)23(25,26)27/h4-9,11,13-15,21H,10,12,31H2,1-3H3/t15?,21-,34?/m1/s1. The maximum absolute atomic E-state index is 14.1. The van der Waals surface area contributed by atoms with Gasteiger partial charge in [-0.1, -0.05) is 44.2 Å². The van der Waals surface area contributed by atoms with Crippen molar-refractivity contribution in [3.63, 3.8) is 0 Å². The molecule has 34 heavy (non-hydrogen) atoms. The summed E-state index contributed by atoms with van der Waals surface area (Å²) in [6.07, 6.45) is -8.25. The van der Waals surface area contributed by atoms with Gasteiger partial charge in [0.1, 0.15) is 0 Å². The van der Waals surface area contributed by atoms with Crippen LogP contribution in [-0.4, -0.2) is 20.2 Å². The molecule has 2 unspecified atom stereocenters. The van der Waals surface area contributed by atoms with E-state index in [1.165, 1.54) is 49.5 Å². The first kappa shape index (κ1) is 26.3. The van der Waals surface area contributed by atoms with Crippen molar-refractivity contribution in [1.29, 1.82) is 0 Å². The average Bonchev–Trinajstić information content (AvgIpc) is 3.06. The summed E-state index contributed by atoms with van der Waals surface area (Å²) in [5.41, 5.74) is -0.195. The highest BCUT2D eigenvalue weighted by molar-refractivity contribution is 7.83. The third kappa shape index (κ3) is 5.66. The summed E-state index contributed by atoms with van der Waals surface area (Å²) >= 11 is 0. The van der Waals surface area contributed by atoms with Gasteiger partial charge in [-0.2, -0.15) is 26.3 Å². The molecule has 3 aromatic rings. The molecule has 2 aromatic carbocycles. The first-order valence-electron chi connectivity index (χ1n) is 10.7. The van der Waals surface area contributed by atoms with Gasteiger partial charge in [-0.05, 0) is 48.1 Å². The van der Waals surface area contributed by atoms with Crippen LogP contribution in [0.1, 0.15) is 44.2 Å². The fourth-order valence-electron chi connectivity index (χ4n) is 4.16. The van der Waals surface area contributed by atoms with Gasteiger partial charge in [0.2, 0.25) is 0 Å². The van der Waals surface area contributed by atoms with Gasteiger partial charge in [0.05, 0.1) is 22.5 Å². The van der Waals surface area contributed by atoms with E-state index in [1.54, 1.807) is 4.57 Å². The lowest BCUT2D eigenvalue weighted by molar-refractivity contribution is -0.151. The van der Waals surface area contributed by atoms with Crippen molar-refractivity contribution in [2.75, 3.05) is 0 Å². The van der Waals surface area contributed by atoms with Crippen LogP contribution in [0.3, 0.4) is 0 Å². The minimum absolute atomic E-state index is 0.00361. The number of fused-ring (bicyclic) bond motifs is 1. The summed E-state index contributed by atoms with van der Waals surface area (Å²) in [6, 6.07) is 9.45. The Hall–Kier alpha value is -2.33. The van der Waals surface area contributed by atoms with E-state index in [0.717, 1.165) is 6.07 Å². The molecule has 0 radical (unpaired) electrons. The number of rotatable bonds is 7. The first-order chi connectivity index (χ1) is 15.7. The Bertz CT molecular complexity index is 1180. The summed E-state index contributed by atoms with van der Waals surface area (Å²) in [5, 5.41) is 4.73. The molecule has 186 valence electrons. The highest BCUT2D eigenvalue weighted by Crippen LogP contribution is 2.44. The molecule has 0 fully saturated rings. The predicted octanol–water partition coefficient (Wildman–Crippen LogP) is 7.03. The van der Waals surface area contributed by atoms with E-state index >= 15 is 0 Å². The minimum Gasteiger partial charge on any atom is -0.347 e. The predicted molar refractivity (Wildman–Crippen MR) is 122 cm³/mol. The molecule has 3 rings (SSSR count). The first-order valence-corrected chi connectivity index (χ1v) is 12.0. The molecule has 3 atom stereocenters. The molecule has 1 heterocycles. The molecule has 0 saturated heterocycles. The molecule has 0 amide bonds. The number of halogens is 6. The van der Waals surface area contributed by atoms with Gasteiger partial charge in [-0.25, -0.2) is 4.21 Å². The fourth-order valence-corrected chi connectivity index (χ4v) is 4.54. The van der Waals surface area contributed by atoms with Crippen LogP contribution in [0.15, 0.2) is 48.7 Å². The van der Waals surface area contributed by atoms with Crippen LogP contribution < -0.4 is 5.14 Å². The van der Waals surface area contributed by atoms with Crippen LogP contribution in [0.25, 0.3) is 22.0 Å². The van der Waals surface area contributed by atoms with Crippen LogP contribution >= 0.6 is 0 Å². The van der Waals surface area contributed by atoms with Crippen LogP contribution in [0.4, 0.5) is 26.3 Å². The number of nitrogens with two attached hydrogens (primary N) is 1. The Kier molecular flexibility index (Phi) is 7.52. The van der Waals surface area contributed by atoms with Gasteiger partial charge in [0, 0.05) is 28.9 Å². The molecule has 0 aliphatic carbocycles. The molecule has 2 N–H and O–H groups in total. The molecule has 10 heteroatoms. The summed E-state index contributed by atoms with van der Waals surface area (Å²) in [5.74, 6) is -1.84. The number of hydrogen-bond donors (Lipinski definition) is 1. The number of nitrogens with zero attached hydrogens (tertiary/aromatic N) is 1. The summed E-state index contributed by atoms with van der Waals surface area (Å²) in [6.45, 7) is 5.57. The molecule has 0 aliphatic rings. The fraction of sp³-hybridized carbons (Fsp3) is 0.417. The summed E-state index contributed by atoms with van der Waals surface area (Å²) in [4.78, 5) is 0. The van der Waals surface area contributed by atoms with Crippen LogP contribution in [-0.2, 0) is 23.7 Å². The zero-order valence-electron chi connectivity index (χ0n) is 18.9. The largest absolute Gasteiger partial charge is 0.417 e. The molecule has 0 saturated carbocycles. The van der Waals surface area contributed by atoms with E-state index < -0.39 is 46.5 Å². The van der Waals surface area contributed by atoms with E-state index in [0.29, 0.717) is 17.4 Å². The van der Waals surface area contributed by atoms with Crippen molar-refractivity contribution in [2.45, 2.75) is 57.3 Å². The normalized spacial score (nSPS) is 15.6. The third-order valence-electron chi connectivity index (χ3n) is 5.75. The zero-order chi connectivity index (χ0) is 25.4. The van der Waals surface area contributed by atoms with Crippen molar-refractivity contribution < 1.29 is 30.6 Å². The Balaban J connectivity index is 2.23. The minimum atomic E-state index is -4.62. The second-order valence-corrected chi connectivity index (χ2v) is 10.3. The summed E-state index contributed by atoms with van der Waals surface area (Å²) in [7, 11) is -1.93. The Morgan fingerprint density at radius 2 is 1.65 bits per heavy atom. The molecular weight excluding hydrogens is 478 g/mol. The monoisotopic (exact) mass is 504 g/mol. The second-order valence-electron chi connectivity index (χ2n) is 8.87. The molecule has 0 bridgehead atoms. The van der Waals surface area contributed by atoms with Gasteiger partial charge in [0.15, 0.2) is 0 Å². The zero-order valence-corrected chi connectivity index (χ0v) is 19.7. The lowest BCUT2D eigenvalue weighted by Gasteiger charge is -2.22. The lowest BCUT2D eigenvalue weighted by atomic mass is 9.92. The molecule has 3 nitrogen and oxygen atoms in total. The maximum Gasteiger partial charge on any atom is 0.417 e. The second kappa shape index (κ2) is 9.73. The topological polar surface area (TPSA) is 48.0 Å². The quantitative estimate of drug-likeness (QED) is 0.345. The van der Waals surface area contributed by atoms with E-state index in [1.807, 2.05) is 13.8 Å². The average molecular weight is 505 g/mol.